The highest BCUT2D eigenvalue weighted by molar-refractivity contribution is 6.03. The van der Waals surface area contributed by atoms with Crippen LogP contribution in [0.1, 0.15) is 65.9 Å². The molecule has 1 saturated heterocycles. The number of benzene rings is 2. The maximum Gasteiger partial charge on any atom is 0.337 e. The molecule has 0 atom stereocenters. The van der Waals surface area contributed by atoms with Crippen LogP contribution in [0.15, 0.2) is 48.0 Å². The van der Waals surface area contributed by atoms with E-state index in [0.717, 1.165) is 28.6 Å². The van der Waals surface area contributed by atoms with Crippen molar-refractivity contribution in [2.75, 3.05) is 33.4 Å². The lowest BCUT2D eigenvalue weighted by Gasteiger charge is -2.24. The number of esters is 1. The van der Waals surface area contributed by atoms with Crippen molar-refractivity contribution in [2.45, 2.75) is 51.0 Å². The highest BCUT2D eigenvalue weighted by Gasteiger charge is 2.31. The third-order valence-corrected chi connectivity index (χ3v) is 8.20. The molecule has 1 saturated carbocycles. The zero-order valence-electron chi connectivity index (χ0n) is 21.5. The van der Waals surface area contributed by atoms with Gasteiger partial charge >= 0.3 is 5.97 Å². The van der Waals surface area contributed by atoms with Crippen molar-refractivity contribution in [3.05, 3.63) is 64.7 Å². The van der Waals surface area contributed by atoms with Crippen LogP contribution in [-0.4, -0.2) is 54.8 Å². The molecule has 0 radical (unpaired) electrons. The number of rotatable bonds is 3. The molecule has 0 unspecified atom stereocenters. The van der Waals surface area contributed by atoms with Crippen molar-refractivity contribution in [3.8, 4) is 11.3 Å². The summed E-state index contributed by atoms with van der Waals surface area (Å²) >= 11 is 0. The fourth-order valence-electron chi connectivity index (χ4n) is 6.40. The second-order valence-corrected chi connectivity index (χ2v) is 10.4. The molecule has 3 aliphatic rings. The number of carbonyl (C=O) groups excluding carboxylic acids is 2. The van der Waals surface area contributed by atoms with E-state index in [9.17, 15) is 9.59 Å². The van der Waals surface area contributed by atoms with Crippen molar-refractivity contribution in [3.63, 3.8) is 0 Å². The van der Waals surface area contributed by atoms with Crippen LogP contribution in [0, 0.1) is 0 Å². The highest BCUT2D eigenvalue weighted by Crippen LogP contribution is 2.46. The fourth-order valence-corrected chi connectivity index (χ4v) is 6.40. The van der Waals surface area contributed by atoms with Crippen molar-refractivity contribution in [2.24, 2.45) is 0 Å². The average molecular weight is 499 g/mol. The van der Waals surface area contributed by atoms with Gasteiger partial charge in [0, 0.05) is 41.7 Å². The molecular formula is C31H34N2O4. The van der Waals surface area contributed by atoms with Crippen LogP contribution in [0.25, 0.3) is 28.2 Å². The van der Waals surface area contributed by atoms with Gasteiger partial charge in [0.05, 0.1) is 31.5 Å². The Labute approximate surface area is 217 Å². The lowest BCUT2D eigenvalue weighted by molar-refractivity contribution is -0.127. The van der Waals surface area contributed by atoms with E-state index >= 15 is 0 Å². The van der Waals surface area contributed by atoms with Crippen LogP contribution in [0.4, 0.5) is 0 Å². The summed E-state index contributed by atoms with van der Waals surface area (Å²) in [5, 5.41) is 1.18. The SMILES string of the molecule is COC(=O)c1ccc2c(C3CCCCC3)c3n(c2c1)CC(C(=O)N1CCCOCC1)=Cc1ccccc1-3. The van der Waals surface area contributed by atoms with Crippen LogP contribution >= 0.6 is 0 Å². The van der Waals surface area contributed by atoms with Crippen molar-refractivity contribution in [1.82, 2.24) is 9.47 Å². The lowest BCUT2D eigenvalue weighted by Crippen LogP contribution is -2.35. The van der Waals surface area contributed by atoms with E-state index in [-0.39, 0.29) is 11.9 Å². The standard InChI is InChI=1S/C31H34N2O4/c1-36-31(35)23-12-13-26-27(19-23)33-20-24(30(34)32-14-7-16-37-17-15-32)18-22-10-5-6-11-25(22)29(33)28(26)21-8-3-2-4-9-21/h5-6,10-13,18-19,21H,2-4,7-9,14-17,20H2,1H3. The summed E-state index contributed by atoms with van der Waals surface area (Å²) in [5.41, 5.74) is 7.08. The summed E-state index contributed by atoms with van der Waals surface area (Å²) in [6.07, 6.45) is 9.02. The van der Waals surface area contributed by atoms with E-state index in [4.69, 9.17) is 9.47 Å². The molecule has 0 spiro atoms. The zero-order valence-corrected chi connectivity index (χ0v) is 21.5. The Morgan fingerprint density at radius 2 is 1.81 bits per heavy atom. The maximum atomic E-state index is 13.9. The van der Waals surface area contributed by atoms with Crippen LogP contribution in [0.5, 0.6) is 0 Å². The Hall–Kier alpha value is -3.38. The van der Waals surface area contributed by atoms with E-state index in [2.05, 4.69) is 34.9 Å². The Bertz CT molecular complexity index is 1370. The van der Waals surface area contributed by atoms with E-state index in [1.807, 2.05) is 23.1 Å². The quantitative estimate of drug-likeness (QED) is 0.429. The molecule has 37 heavy (non-hydrogen) atoms. The first-order chi connectivity index (χ1) is 18.2. The topological polar surface area (TPSA) is 60.8 Å². The highest BCUT2D eigenvalue weighted by atomic mass is 16.5. The Morgan fingerprint density at radius 1 is 0.973 bits per heavy atom. The number of hydrogen-bond donors (Lipinski definition) is 0. The molecule has 0 bridgehead atoms. The van der Waals surface area contributed by atoms with Gasteiger partial charge in [-0.25, -0.2) is 4.79 Å². The van der Waals surface area contributed by atoms with Gasteiger partial charge in [-0.15, -0.1) is 0 Å². The largest absolute Gasteiger partial charge is 0.465 e. The normalized spacial score (nSPS) is 18.4. The number of hydrogen-bond acceptors (Lipinski definition) is 4. The molecule has 2 fully saturated rings. The summed E-state index contributed by atoms with van der Waals surface area (Å²) in [7, 11) is 1.42. The number of methoxy groups -OCH3 is 1. The van der Waals surface area contributed by atoms with Crippen molar-refractivity contribution < 1.29 is 19.1 Å². The molecule has 2 aromatic carbocycles. The van der Waals surface area contributed by atoms with E-state index < -0.39 is 0 Å². The van der Waals surface area contributed by atoms with Gasteiger partial charge < -0.3 is 18.9 Å². The molecule has 6 nitrogen and oxygen atoms in total. The van der Waals surface area contributed by atoms with Crippen molar-refractivity contribution in [1.29, 1.82) is 0 Å². The minimum absolute atomic E-state index is 0.0679. The molecule has 0 N–H and O–H groups in total. The second-order valence-electron chi connectivity index (χ2n) is 10.4. The zero-order chi connectivity index (χ0) is 25.4. The molecule has 3 aromatic rings. The van der Waals surface area contributed by atoms with E-state index in [1.54, 1.807) is 0 Å². The smallest absolute Gasteiger partial charge is 0.337 e. The molecule has 1 aromatic heterocycles. The summed E-state index contributed by atoms with van der Waals surface area (Å²) in [5.74, 6) is 0.185. The van der Waals surface area contributed by atoms with Gasteiger partial charge in [-0.3, -0.25) is 4.79 Å². The average Bonchev–Trinajstić information content (AvgIpc) is 3.12. The van der Waals surface area contributed by atoms with E-state index in [0.29, 0.717) is 44.3 Å². The molecule has 6 heteroatoms. The van der Waals surface area contributed by atoms with Gasteiger partial charge in [0.25, 0.3) is 5.91 Å². The predicted octanol–water partition coefficient (Wildman–Crippen LogP) is 5.79. The van der Waals surface area contributed by atoms with Crippen LogP contribution in [0.2, 0.25) is 0 Å². The molecule has 3 heterocycles. The number of ether oxygens (including phenoxy) is 2. The molecule has 192 valence electrons. The molecular weight excluding hydrogens is 464 g/mol. The van der Waals surface area contributed by atoms with Gasteiger partial charge in [0.1, 0.15) is 0 Å². The number of aromatic nitrogens is 1. The number of carbonyl (C=O) groups is 2. The maximum absolute atomic E-state index is 13.9. The van der Waals surface area contributed by atoms with Crippen LogP contribution < -0.4 is 0 Å². The van der Waals surface area contributed by atoms with Gasteiger partial charge in [-0.05, 0) is 54.5 Å². The predicted molar refractivity (Wildman–Crippen MR) is 145 cm³/mol. The Morgan fingerprint density at radius 3 is 2.65 bits per heavy atom. The van der Waals surface area contributed by atoms with Gasteiger partial charge in [-0.1, -0.05) is 49.6 Å². The molecule has 6 rings (SSSR count). The third-order valence-electron chi connectivity index (χ3n) is 8.20. The Kier molecular flexibility index (Phi) is 6.59. The minimum atomic E-state index is -0.345. The number of amides is 1. The van der Waals surface area contributed by atoms with E-state index in [1.165, 1.54) is 55.9 Å². The monoisotopic (exact) mass is 498 g/mol. The summed E-state index contributed by atoms with van der Waals surface area (Å²) in [4.78, 5) is 28.3. The number of fused-ring (bicyclic) bond motifs is 5. The minimum Gasteiger partial charge on any atom is -0.465 e. The third kappa shape index (κ3) is 4.37. The lowest BCUT2D eigenvalue weighted by atomic mass is 9.81. The molecule has 2 aliphatic heterocycles. The van der Waals surface area contributed by atoms with Gasteiger partial charge in [-0.2, -0.15) is 0 Å². The molecule has 1 amide bonds. The number of nitrogens with zero attached hydrogens (tertiary/aromatic N) is 2. The second kappa shape index (κ2) is 10.2. The summed E-state index contributed by atoms with van der Waals surface area (Å²) in [6, 6.07) is 14.3. The first kappa shape index (κ1) is 24.0. The van der Waals surface area contributed by atoms with Crippen LogP contribution in [0.3, 0.4) is 0 Å². The summed E-state index contributed by atoms with van der Waals surface area (Å²) in [6.45, 7) is 3.04. The summed E-state index contributed by atoms with van der Waals surface area (Å²) < 4.78 is 13.0. The fraction of sp³-hybridized carbons (Fsp3) is 0.419. The van der Waals surface area contributed by atoms with Gasteiger partial charge in [0.2, 0.25) is 0 Å². The van der Waals surface area contributed by atoms with Crippen LogP contribution in [-0.2, 0) is 20.8 Å². The Balaban J connectivity index is 1.56. The first-order valence-corrected chi connectivity index (χ1v) is 13.6. The molecule has 1 aliphatic carbocycles. The van der Waals surface area contributed by atoms with Crippen molar-refractivity contribution >= 4 is 28.9 Å². The van der Waals surface area contributed by atoms with Gasteiger partial charge in [0.15, 0.2) is 0 Å². The first-order valence-electron chi connectivity index (χ1n) is 13.6.